The minimum atomic E-state index is 0.595. The first kappa shape index (κ1) is 14.1. The van der Waals surface area contributed by atoms with Gasteiger partial charge in [-0.15, -0.1) is 0 Å². The number of aryl methyl sites for hydroxylation is 1. The van der Waals surface area contributed by atoms with E-state index in [1.807, 2.05) is 13.0 Å². The summed E-state index contributed by atoms with van der Waals surface area (Å²) in [7, 11) is 0. The first-order chi connectivity index (χ1) is 9.13. The highest BCUT2D eigenvalue weighted by atomic mass is 15.1. The maximum atomic E-state index is 4.48. The van der Waals surface area contributed by atoms with Crippen molar-refractivity contribution in [2.45, 2.75) is 58.9 Å². The molecule has 2 rings (SSSR count). The Morgan fingerprint density at radius 2 is 1.89 bits per heavy atom. The third-order valence-electron chi connectivity index (χ3n) is 3.57. The molecule has 0 atom stereocenters. The molecule has 1 heterocycles. The highest BCUT2D eigenvalue weighted by Crippen LogP contribution is 2.22. The van der Waals surface area contributed by atoms with Crippen LogP contribution in [-0.4, -0.2) is 22.6 Å². The van der Waals surface area contributed by atoms with Gasteiger partial charge in [0.2, 0.25) is 0 Å². The number of anilines is 2. The second-order valence-corrected chi connectivity index (χ2v) is 5.92. The average Bonchev–Trinajstić information content (AvgIpc) is 2.80. The number of nitrogens with zero attached hydrogens (tertiary/aromatic N) is 2. The fourth-order valence-electron chi connectivity index (χ4n) is 2.50. The Labute approximate surface area is 116 Å². The summed E-state index contributed by atoms with van der Waals surface area (Å²) in [6.07, 6.45) is 6.36. The van der Waals surface area contributed by atoms with Gasteiger partial charge in [-0.2, -0.15) is 0 Å². The minimum absolute atomic E-state index is 0.595. The van der Waals surface area contributed by atoms with E-state index in [0.717, 1.165) is 30.4 Å². The molecule has 106 valence electrons. The third-order valence-corrected chi connectivity index (χ3v) is 3.57. The summed E-state index contributed by atoms with van der Waals surface area (Å²) in [5.74, 6) is 3.45. The standard InChI is InChI=1S/C15H26N4/c1-11(2)8-9-16-14-10-15(18-12(3)17-14)19-13-6-4-5-7-13/h10-11,13H,4-9H2,1-3H3,(H2,16,17,18,19). The van der Waals surface area contributed by atoms with Crippen LogP contribution in [0.1, 0.15) is 51.8 Å². The molecule has 0 aliphatic heterocycles. The molecule has 0 aromatic carbocycles. The first-order valence-electron chi connectivity index (χ1n) is 7.49. The zero-order valence-electron chi connectivity index (χ0n) is 12.4. The number of hydrogen-bond acceptors (Lipinski definition) is 4. The molecule has 19 heavy (non-hydrogen) atoms. The smallest absolute Gasteiger partial charge is 0.132 e. The molecule has 0 amide bonds. The molecule has 0 spiro atoms. The maximum Gasteiger partial charge on any atom is 0.132 e. The van der Waals surface area contributed by atoms with Crippen LogP contribution in [0.15, 0.2) is 6.07 Å². The molecule has 1 aromatic rings. The van der Waals surface area contributed by atoms with Crippen molar-refractivity contribution >= 4 is 11.6 Å². The van der Waals surface area contributed by atoms with Gasteiger partial charge in [-0.05, 0) is 32.1 Å². The molecule has 4 nitrogen and oxygen atoms in total. The second kappa shape index (κ2) is 6.73. The van der Waals surface area contributed by atoms with Gasteiger partial charge in [-0.3, -0.25) is 0 Å². The summed E-state index contributed by atoms with van der Waals surface area (Å²) >= 11 is 0. The van der Waals surface area contributed by atoms with Crippen molar-refractivity contribution in [1.82, 2.24) is 9.97 Å². The molecule has 0 unspecified atom stereocenters. The SMILES string of the molecule is Cc1nc(NCCC(C)C)cc(NC2CCCC2)n1. The Balaban J connectivity index is 1.93. The summed E-state index contributed by atoms with van der Waals surface area (Å²) in [4.78, 5) is 8.92. The summed E-state index contributed by atoms with van der Waals surface area (Å²) in [6.45, 7) is 7.39. The van der Waals surface area contributed by atoms with Crippen LogP contribution in [-0.2, 0) is 0 Å². The van der Waals surface area contributed by atoms with Gasteiger partial charge in [0.25, 0.3) is 0 Å². The lowest BCUT2D eigenvalue weighted by Crippen LogP contribution is -2.16. The average molecular weight is 262 g/mol. The quantitative estimate of drug-likeness (QED) is 0.822. The minimum Gasteiger partial charge on any atom is -0.370 e. The van der Waals surface area contributed by atoms with Crippen molar-refractivity contribution in [3.8, 4) is 0 Å². The van der Waals surface area contributed by atoms with Crippen LogP contribution < -0.4 is 10.6 Å². The van der Waals surface area contributed by atoms with Gasteiger partial charge in [0.05, 0.1) is 0 Å². The van der Waals surface area contributed by atoms with E-state index < -0.39 is 0 Å². The van der Waals surface area contributed by atoms with E-state index in [9.17, 15) is 0 Å². The zero-order chi connectivity index (χ0) is 13.7. The van der Waals surface area contributed by atoms with E-state index in [0.29, 0.717) is 12.0 Å². The normalized spacial score (nSPS) is 16.0. The highest BCUT2D eigenvalue weighted by Gasteiger charge is 2.15. The molecular formula is C15H26N4. The van der Waals surface area contributed by atoms with Crippen molar-refractivity contribution in [3.63, 3.8) is 0 Å². The Bertz CT molecular complexity index is 397. The van der Waals surface area contributed by atoms with E-state index in [4.69, 9.17) is 0 Å². The molecule has 4 heteroatoms. The predicted octanol–water partition coefficient (Wildman–Crippen LogP) is 3.60. The van der Waals surface area contributed by atoms with Gasteiger partial charge in [-0.1, -0.05) is 26.7 Å². The van der Waals surface area contributed by atoms with Gasteiger partial charge >= 0.3 is 0 Å². The van der Waals surface area contributed by atoms with Gasteiger partial charge in [0.1, 0.15) is 17.5 Å². The molecule has 2 N–H and O–H groups in total. The highest BCUT2D eigenvalue weighted by molar-refractivity contribution is 5.48. The lowest BCUT2D eigenvalue weighted by Gasteiger charge is -2.14. The molecule has 1 aliphatic rings. The molecule has 1 aliphatic carbocycles. The van der Waals surface area contributed by atoms with Gasteiger partial charge in [0.15, 0.2) is 0 Å². The Morgan fingerprint density at radius 1 is 1.21 bits per heavy atom. The van der Waals surface area contributed by atoms with E-state index in [1.165, 1.54) is 25.7 Å². The molecule has 0 saturated heterocycles. The summed E-state index contributed by atoms with van der Waals surface area (Å²) in [5.41, 5.74) is 0. The summed E-state index contributed by atoms with van der Waals surface area (Å²) < 4.78 is 0. The topological polar surface area (TPSA) is 49.8 Å². The van der Waals surface area contributed by atoms with E-state index in [2.05, 4.69) is 34.4 Å². The van der Waals surface area contributed by atoms with Gasteiger partial charge in [0, 0.05) is 18.7 Å². The third kappa shape index (κ3) is 4.69. The first-order valence-corrected chi connectivity index (χ1v) is 7.49. The van der Waals surface area contributed by atoms with Crippen LogP contribution in [0.5, 0.6) is 0 Å². The molecule has 0 radical (unpaired) electrons. The number of aromatic nitrogens is 2. The van der Waals surface area contributed by atoms with Crippen LogP contribution in [0.4, 0.5) is 11.6 Å². The Kier molecular flexibility index (Phi) is 5.00. The van der Waals surface area contributed by atoms with E-state index in [1.54, 1.807) is 0 Å². The van der Waals surface area contributed by atoms with Gasteiger partial charge < -0.3 is 10.6 Å². The number of nitrogens with one attached hydrogen (secondary N) is 2. The molecule has 1 fully saturated rings. The van der Waals surface area contributed by atoms with Crippen molar-refractivity contribution < 1.29 is 0 Å². The monoisotopic (exact) mass is 262 g/mol. The summed E-state index contributed by atoms with van der Waals surface area (Å²) in [5, 5.41) is 6.92. The van der Waals surface area contributed by atoms with Crippen molar-refractivity contribution in [2.24, 2.45) is 5.92 Å². The lowest BCUT2D eigenvalue weighted by molar-refractivity contribution is 0.606. The van der Waals surface area contributed by atoms with Crippen LogP contribution in [0.25, 0.3) is 0 Å². The fraction of sp³-hybridized carbons (Fsp3) is 0.733. The van der Waals surface area contributed by atoms with Crippen molar-refractivity contribution in [2.75, 3.05) is 17.2 Å². The lowest BCUT2D eigenvalue weighted by atomic mass is 10.1. The zero-order valence-corrected chi connectivity index (χ0v) is 12.4. The molecule has 1 aromatic heterocycles. The van der Waals surface area contributed by atoms with Crippen LogP contribution in [0.3, 0.4) is 0 Å². The van der Waals surface area contributed by atoms with Crippen LogP contribution in [0, 0.1) is 12.8 Å². The van der Waals surface area contributed by atoms with Crippen LogP contribution in [0.2, 0.25) is 0 Å². The maximum absolute atomic E-state index is 4.48. The fourth-order valence-corrected chi connectivity index (χ4v) is 2.50. The Morgan fingerprint density at radius 3 is 2.58 bits per heavy atom. The van der Waals surface area contributed by atoms with Crippen molar-refractivity contribution in [1.29, 1.82) is 0 Å². The second-order valence-electron chi connectivity index (χ2n) is 5.92. The largest absolute Gasteiger partial charge is 0.370 e. The number of rotatable bonds is 6. The van der Waals surface area contributed by atoms with E-state index >= 15 is 0 Å². The summed E-state index contributed by atoms with van der Waals surface area (Å²) in [6, 6.07) is 2.63. The molecule has 1 saturated carbocycles. The molecular weight excluding hydrogens is 236 g/mol. The predicted molar refractivity (Wildman–Crippen MR) is 80.6 cm³/mol. The van der Waals surface area contributed by atoms with Gasteiger partial charge in [-0.25, -0.2) is 9.97 Å². The Hall–Kier alpha value is -1.32. The van der Waals surface area contributed by atoms with Crippen molar-refractivity contribution in [3.05, 3.63) is 11.9 Å². The van der Waals surface area contributed by atoms with Crippen LogP contribution >= 0.6 is 0 Å². The number of hydrogen-bond donors (Lipinski definition) is 2. The van der Waals surface area contributed by atoms with E-state index in [-0.39, 0.29) is 0 Å². The molecule has 0 bridgehead atoms.